The zero-order chi connectivity index (χ0) is 13.7. The largest absolute Gasteiger partial charge is 0.316 e. The monoisotopic (exact) mass is 335 g/mol. The molecule has 0 aliphatic carbocycles. The van der Waals surface area contributed by atoms with Gasteiger partial charge in [-0.15, -0.1) is 11.8 Å². The van der Waals surface area contributed by atoms with Crippen LogP contribution in [0, 0.1) is 6.92 Å². The molecule has 0 aliphatic heterocycles. The van der Waals surface area contributed by atoms with Gasteiger partial charge in [0.1, 0.15) is 0 Å². The summed E-state index contributed by atoms with van der Waals surface area (Å²) in [7, 11) is 1.98. The summed E-state index contributed by atoms with van der Waals surface area (Å²) in [6.45, 7) is 3.07. The first kappa shape index (κ1) is 14.6. The molecule has 0 bridgehead atoms. The molecule has 2 aromatic carbocycles. The van der Waals surface area contributed by atoms with Crippen LogP contribution >= 0.6 is 27.7 Å². The Morgan fingerprint density at radius 1 is 1.11 bits per heavy atom. The second kappa shape index (κ2) is 7.13. The van der Waals surface area contributed by atoms with E-state index in [-0.39, 0.29) is 0 Å². The number of rotatable bonds is 5. The van der Waals surface area contributed by atoms with E-state index in [0.717, 1.165) is 16.8 Å². The van der Waals surface area contributed by atoms with E-state index in [0.29, 0.717) is 0 Å². The van der Waals surface area contributed by atoms with Crippen molar-refractivity contribution < 1.29 is 0 Å². The SMILES string of the molecule is CNCc1cc(Br)ccc1SCc1ccccc1C. The van der Waals surface area contributed by atoms with Crippen molar-refractivity contribution in [3.8, 4) is 0 Å². The van der Waals surface area contributed by atoms with Gasteiger partial charge >= 0.3 is 0 Å². The second-order valence-corrected chi connectivity index (χ2v) is 6.43. The Labute approximate surface area is 127 Å². The van der Waals surface area contributed by atoms with Crippen LogP contribution in [0.3, 0.4) is 0 Å². The number of halogens is 1. The Morgan fingerprint density at radius 3 is 2.63 bits per heavy atom. The number of nitrogens with one attached hydrogen (secondary N) is 1. The molecule has 19 heavy (non-hydrogen) atoms. The van der Waals surface area contributed by atoms with Gasteiger partial charge in [0.15, 0.2) is 0 Å². The first-order chi connectivity index (χ1) is 9.20. The molecule has 2 rings (SSSR count). The van der Waals surface area contributed by atoms with Gasteiger partial charge in [0.05, 0.1) is 0 Å². The molecule has 0 aromatic heterocycles. The smallest absolute Gasteiger partial charge is 0.0234 e. The van der Waals surface area contributed by atoms with Crippen molar-refractivity contribution in [3.05, 3.63) is 63.6 Å². The van der Waals surface area contributed by atoms with E-state index in [4.69, 9.17) is 0 Å². The molecule has 0 amide bonds. The van der Waals surface area contributed by atoms with Crippen molar-refractivity contribution in [1.29, 1.82) is 0 Å². The van der Waals surface area contributed by atoms with Gasteiger partial charge < -0.3 is 5.32 Å². The molecular weight excluding hydrogens is 318 g/mol. The molecule has 0 spiro atoms. The summed E-state index contributed by atoms with van der Waals surface area (Å²) in [5.74, 6) is 1.02. The van der Waals surface area contributed by atoms with Gasteiger partial charge in [-0.05, 0) is 48.9 Å². The van der Waals surface area contributed by atoms with E-state index >= 15 is 0 Å². The van der Waals surface area contributed by atoms with Gasteiger partial charge in [0, 0.05) is 21.7 Å². The lowest BCUT2D eigenvalue weighted by Gasteiger charge is -2.10. The van der Waals surface area contributed by atoms with Crippen molar-refractivity contribution in [2.24, 2.45) is 0 Å². The third kappa shape index (κ3) is 4.10. The summed E-state index contributed by atoms with van der Waals surface area (Å²) in [5.41, 5.74) is 4.11. The number of benzene rings is 2. The maximum atomic E-state index is 3.54. The van der Waals surface area contributed by atoms with Crippen molar-refractivity contribution in [1.82, 2.24) is 5.32 Å². The van der Waals surface area contributed by atoms with E-state index in [9.17, 15) is 0 Å². The van der Waals surface area contributed by atoms with Gasteiger partial charge in [-0.3, -0.25) is 0 Å². The van der Waals surface area contributed by atoms with Gasteiger partial charge in [0.25, 0.3) is 0 Å². The fourth-order valence-corrected chi connectivity index (χ4v) is 3.47. The van der Waals surface area contributed by atoms with Crippen LogP contribution in [0.15, 0.2) is 51.8 Å². The lowest BCUT2D eigenvalue weighted by atomic mass is 10.1. The molecule has 1 nitrogen and oxygen atoms in total. The van der Waals surface area contributed by atoms with Crippen LogP contribution in [0.25, 0.3) is 0 Å². The first-order valence-electron chi connectivity index (χ1n) is 6.31. The Balaban J connectivity index is 2.13. The van der Waals surface area contributed by atoms with Crippen LogP contribution in [0.5, 0.6) is 0 Å². The van der Waals surface area contributed by atoms with Crippen molar-refractivity contribution in [2.45, 2.75) is 24.1 Å². The van der Waals surface area contributed by atoms with E-state index in [2.05, 4.69) is 70.6 Å². The maximum Gasteiger partial charge on any atom is 0.0234 e. The Bertz CT molecular complexity index is 554. The molecule has 100 valence electrons. The van der Waals surface area contributed by atoms with Gasteiger partial charge in [0.2, 0.25) is 0 Å². The van der Waals surface area contributed by atoms with Crippen LogP contribution in [0.2, 0.25) is 0 Å². The van der Waals surface area contributed by atoms with Crippen molar-refractivity contribution >= 4 is 27.7 Å². The van der Waals surface area contributed by atoms with Crippen LogP contribution < -0.4 is 5.32 Å². The molecule has 2 aromatic rings. The van der Waals surface area contributed by atoms with E-state index in [1.54, 1.807) is 0 Å². The molecule has 0 saturated heterocycles. The molecule has 0 atom stereocenters. The highest BCUT2D eigenvalue weighted by Gasteiger charge is 2.05. The predicted molar refractivity (Wildman–Crippen MR) is 87.6 cm³/mol. The minimum absolute atomic E-state index is 0.898. The van der Waals surface area contributed by atoms with Gasteiger partial charge in [-0.2, -0.15) is 0 Å². The molecular formula is C16H18BrNS. The fourth-order valence-electron chi connectivity index (χ4n) is 1.94. The lowest BCUT2D eigenvalue weighted by molar-refractivity contribution is 0.802. The van der Waals surface area contributed by atoms with Crippen molar-refractivity contribution in [2.75, 3.05) is 7.05 Å². The van der Waals surface area contributed by atoms with Crippen LogP contribution in [0.4, 0.5) is 0 Å². The summed E-state index contributed by atoms with van der Waals surface area (Å²) >= 11 is 5.44. The van der Waals surface area contributed by atoms with E-state index < -0.39 is 0 Å². The lowest BCUT2D eigenvalue weighted by Crippen LogP contribution is -2.06. The molecule has 0 unspecified atom stereocenters. The normalized spacial score (nSPS) is 10.7. The first-order valence-corrected chi connectivity index (χ1v) is 8.09. The highest BCUT2D eigenvalue weighted by molar-refractivity contribution is 9.10. The molecule has 0 aliphatic rings. The third-order valence-corrected chi connectivity index (χ3v) is 4.69. The topological polar surface area (TPSA) is 12.0 Å². The minimum atomic E-state index is 0.898. The second-order valence-electron chi connectivity index (χ2n) is 4.50. The van der Waals surface area contributed by atoms with Crippen LogP contribution in [0.1, 0.15) is 16.7 Å². The summed E-state index contributed by atoms with van der Waals surface area (Å²) in [5, 5.41) is 3.23. The average Bonchev–Trinajstić information content (AvgIpc) is 2.40. The number of aryl methyl sites for hydroxylation is 1. The Morgan fingerprint density at radius 2 is 1.89 bits per heavy atom. The molecule has 0 fully saturated rings. The third-order valence-electron chi connectivity index (χ3n) is 3.03. The van der Waals surface area contributed by atoms with Gasteiger partial charge in [-0.25, -0.2) is 0 Å². The van der Waals surface area contributed by atoms with Gasteiger partial charge in [-0.1, -0.05) is 40.2 Å². The minimum Gasteiger partial charge on any atom is -0.316 e. The van der Waals surface area contributed by atoms with Crippen molar-refractivity contribution in [3.63, 3.8) is 0 Å². The van der Waals surface area contributed by atoms with Crippen LogP contribution in [-0.2, 0) is 12.3 Å². The molecule has 1 N–H and O–H groups in total. The summed E-state index contributed by atoms with van der Waals surface area (Å²) in [4.78, 5) is 1.35. The Kier molecular flexibility index (Phi) is 5.49. The molecule has 0 radical (unpaired) electrons. The quantitative estimate of drug-likeness (QED) is 0.790. The zero-order valence-corrected chi connectivity index (χ0v) is 13.6. The summed E-state index contributed by atoms with van der Waals surface area (Å²) in [6, 6.07) is 15.1. The number of hydrogen-bond donors (Lipinski definition) is 1. The number of hydrogen-bond acceptors (Lipinski definition) is 2. The van der Waals surface area contributed by atoms with Crippen LogP contribution in [-0.4, -0.2) is 7.05 Å². The molecule has 3 heteroatoms. The fraction of sp³-hybridized carbons (Fsp3) is 0.250. The Hall–Kier alpha value is -0.770. The van der Waals surface area contributed by atoms with E-state index in [1.807, 2.05) is 18.8 Å². The number of thioether (sulfide) groups is 1. The molecule has 0 heterocycles. The maximum absolute atomic E-state index is 3.54. The average molecular weight is 336 g/mol. The zero-order valence-electron chi connectivity index (χ0n) is 11.2. The summed E-state index contributed by atoms with van der Waals surface area (Å²) in [6.07, 6.45) is 0. The van der Waals surface area contributed by atoms with E-state index in [1.165, 1.54) is 21.6 Å². The molecule has 0 saturated carbocycles. The summed E-state index contributed by atoms with van der Waals surface area (Å²) < 4.78 is 1.14. The highest BCUT2D eigenvalue weighted by atomic mass is 79.9. The predicted octanol–water partition coefficient (Wildman–Crippen LogP) is 4.77. The highest BCUT2D eigenvalue weighted by Crippen LogP contribution is 2.29. The standard InChI is InChI=1S/C16H18BrNS/c1-12-5-3-4-6-13(12)11-19-16-8-7-15(17)9-14(16)10-18-2/h3-9,18H,10-11H2,1-2H3.